The molecule has 9 atom stereocenters. The van der Waals surface area contributed by atoms with Gasteiger partial charge in [-0.15, -0.1) is 0 Å². The molecule has 7 rings (SSSR count). The van der Waals surface area contributed by atoms with Gasteiger partial charge in [0.25, 0.3) is 0 Å². The standard InChI is InChI=1S/C33H41NO12/c1-41-24-14-32-6-4-8-34(32)9-5-18-11-21-22(44-17-43-21)13-20(18)26(32)30(24)45-31(40)33(15-25(36)46-33)7-2-3-10-42-23-12-19(16-35)27(37)29(39)28(23)38/h2-3,11,13-14,19,23,26-30,35,37-39H,4-10,12,15-17H2,1H3/t19?,23?,26-,27?,28?,29?,30-,32+,33-/m1/s1. The lowest BCUT2D eigenvalue weighted by Crippen LogP contribution is -2.56. The molecule has 13 heteroatoms. The molecule has 0 amide bonds. The lowest BCUT2D eigenvalue weighted by atomic mass is 9.77. The summed E-state index contributed by atoms with van der Waals surface area (Å²) in [5.74, 6) is -0.141. The highest BCUT2D eigenvalue weighted by Gasteiger charge is 2.60. The van der Waals surface area contributed by atoms with Crippen LogP contribution in [0.5, 0.6) is 11.5 Å². The first-order chi connectivity index (χ1) is 22.2. The fourth-order valence-corrected chi connectivity index (χ4v) is 8.22. The molecule has 13 nitrogen and oxygen atoms in total. The molecule has 1 saturated carbocycles. The Morgan fingerprint density at radius 3 is 2.63 bits per heavy atom. The number of nitrogens with zero attached hydrogens (tertiary/aromatic N) is 1. The highest BCUT2D eigenvalue weighted by atomic mass is 16.7. The Balaban J connectivity index is 1.08. The summed E-state index contributed by atoms with van der Waals surface area (Å²) >= 11 is 0. The number of aliphatic hydroxyl groups excluding tert-OH is 4. The van der Waals surface area contributed by atoms with E-state index in [0.717, 1.165) is 43.5 Å². The van der Waals surface area contributed by atoms with Gasteiger partial charge in [0.1, 0.15) is 18.0 Å². The topological polar surface area (TPSA) is 174 Å². The molecule has 4 aliphatic heterocycles. The molecule has 0 radical (unpaired) electrons. The van der Waals surface area contributed by atoms with E-state index in [1.807, 2.05) is 12.1 Å². The van der Waals surface area contributed by atoms with Gasteiger partial charge in [-0.3, -0.25) is 9.69 Å². The Kier molecular flexibility index (Phi) is 8.27. The summed E-state index contributed by atoms with van der Waals surface area (Å²) in [6.07, 6.45) is 2.59. The zero-order valence-electron chi connectivity index (χ0n) is 25.7. The van der Waals surface area contributed by atoms with E-state index in [9.17, 15) is 30.0 Å². The largest absolute Gasteiger partial charge is 0.497 e. The second-order valence-electron chi connectivity index (χ2n) is 13.1. The third-order valence-electron chi connectivity index (χ3n) is 10.7. The molecule has 4 heterocycles. The zero-order valence-corrected chi connectivity index (χ0v) is 25.7. The van der Waals surface area contributed by atoms with E-state index in [-0.39, 0.29) is 45.2 Å². The normalized spacial score (nSPS) is 37.9. The van der Waals surface area contributed by atoms with Gasteiger partial charge in [-0.2, -0.15) is 0 Å². The number of rotatable bonds is 9. The first-order valence-electron chi connectivity index (χ1n) is 16.0. The van der Waals surface area contributed by atoms with Crippen LogP contribution in [0.4, 0.5) is 0 Å². The predicted molar refractivity (Wildman–Crippen MR) is 158 cm³/mol. The van der Waals surface area contributed by atoms with Crippen LogP contribution in [0.3, 0.4) is 0 Å². The Bertz CT molecular complexity index is 1420. The smallest absolute Gasteiger partial charge is 0.352 e. The Morgan fingerprint density at radius 1 is 1.11 bits per heavy atom. The molecule has 46 heavy (non-hydrogen) atoms. The molecule has 0 bridgehead atoms. The van der Waals surface area contributed by atoms with Crippen LogP contribution in [-0.4, -0.2) is 119 Å². The average molecular weight is 644 g/mol. The summed E-state index contributed by atoms with van der Waals surface area (Å²) in [6.45, 7) is 1.58. The van der Waals surface area contributed by atoms with Crippen molar-refractivity contribution in [2.75, 3.05) is 40.2 Å². The number of aliphatic hydroxyl groups is 4. The van der Waals surface area contributed by atoms with Gasteiger partial charge in [0.05, 0.1) is 43.8 Å². The third-order valence-corrected chi connectivity index (χ3v) is 10.7. The number of cyclic esters (lactones) is 1. The van der Waals surface area contributed by atoms with Gasteiger partial charge in [0, 0.05) is 25.5 Å². The summed E-state index contributed by atoms with van der Waals surface area (Å²) < 4.78 is 34.8. The van der Waals surface area contributed by atoms with Crippen molar-refractivity contribution in [3.05, 3.63) is 47.2 Å². The fraction of sp³-hybridized carbons (Fsp3) is 0.636. The number of benzene rings is 1. The molecule has 250 valence electrons. The van der Waals surface area contributed by atoms with E-state index in [1.54, 1.807) is 19.3 Å². The third kappa shape index (κ3) is 5.08. The number of ether oxygens (including phenoxy) is 6. The van der Waals surface area contributed by atoms with Crippen molar-refractivity contribution in [2.45, 2.75) is 86.1 Å². The number of esters is 2. The molecule has 4 N–H and O–H groups in total. The monoisotopic (exact) mass is 643 g/mol. The quantitative estimate of drug-likeness (QED) is 0.216. The van der Waals surface area contributed by atoms with E-state index < -0.39 is 59.5 Å². The van der Waals surface area contributed by atoms with E-state index in [4.69, 9.17) is 28.4 Å². The number of carbonyl (C=O) groups excluding carboxylic acids is 2. The maximum atomic E-state index is 13.9. The molecular formula is C33H41NO12. The van der Waals surface area contributed by atoms with E-state index >= 15 is 0 Å². The van der Waals surface area contributed by atoms with Crippen molar-refractivity contribution >= 4 is 11.9 Å². The van der Waals surface area contributed by atoms with Crippen molar-refractivity contribution in [2.24, 2.45) is 5.92 Å². The number of methoxy groups -OCH3 is 1. The second kappa shape index (κ2) is 12.1. The maximum Gasteiger partial charge on any atom is 0.352 e. The van der Waals surface area contributed by atoms with E-state index in [1.165, 1.54) is 0 Å². The minimum atomic E-state index is -1.51. The van der Waals surface area contributed by atoms with Crippen LogP contribution in [0, 0.1) is 5.92 Å². The second-order valence-corrected chi connectivity index (χ2v) is 13.1. The maximum absolute atomic E-state index is 13.9. The summed E-state index contributed by atoms with van der Waals surface area (Å²) in [5.41, 5.74) is 0.223. The molecule has 1 aromatic carbocycles. The zero-order chi connectivity index (χ0) is 32.2. The molecule has 1 spiro atoms. The average Bonchev–Trinajstić information content (AvgIpc) is 3.73. The minimum Gasteiger partial charge on any atom is -0.497 e. The number of carbonyl (C=O) groups is 2. The number of fused-ring (bicyclic) bond motifs is 3. The van der Waals surface area contributed by atoms with E-state index in [2.05, 4.69) is 11.0 Å². The molecule has 5 unspecified atom stereocenters. The van der Waals surface area contributed by atoms with Gasteiger partial charge in [0.15, 0.2) is 17.6 Å². The van der Waals surface area contributed by atoms with Gasteiger partial charge < -0.3 is 48.8 Å². The van der Waals surface area contributed by atoms with Gasteiger partial charge in [-0.1, -0.05) is 12.2 Å². The number of hydrogen-bond donors (Lipinski definition) is 4. The van der Waals surface area contributed by atoms with Crippen molar-refractivity contribution < 1.29 is 58.4 Å². The van der Waals surface area contributed by atoms with Crippen LogP contribution in [0.2, 0.25) is 0 Å². The molecule has 3 fully saturated rings. The van der Waals surface area contributed by atoms with Crippen molar-refractivity contribution in [3.63, 3.8) is 0 Å². The minimum absolute atomic E-state index is 0.0221. The predicted octanol–water partition coefficient (Wildman–Crippen LogP) is 0.457. The van der Waals surface area contributed by atoms with Crippen LogP contribution in [0.15, 0.2) is 36.1 Å². The lowest BCUT2D eigenvalue weighted by molar-refractivity contribution is -0.210. The molecule has 2 aliphatic carbocycles. The summed E-state index contributed by atoms with van der Waals surface area (Å²) in [7, 11) is 1.57. The fourth-order valence-electron chi connectivity index (χ4n) is 8.22. The van der Waals surface area contributed by atoms with Gasteiger partial charge >= 0.3 is 11.9 Å². The molecule has 2 saturated heterocycles. The Labute approximate surface area is 266 Å². The first-order valence-corrected chi connectivity index (χ1v) is 16.0. The lowest BCUT2D eigenvalue weighted by Gasteiger charge is -2.41. The molecule has 1 aromatic rings. The van der Waals surface area contributed by atoms with Gasteiger partial charge in [-0.25, -0.2) is 4.79 Å². The van der Waals surface area contributed by atoms with Crippen LogP contribution in [0.1, 0.15) is 49.1 Å². The summed E-state index contributed by atoms with van der Waals surface area (Å²) in [6, 6.07) is 4.03. The SMILES string of the molecule is COC1=C[C@]23CCCN2CCc2cc4c(cc2[C@@H]3[C@@H]1OC(=O)[C@@]1(CC=CCOC2CC(CO)C(O)C(O)C2O)CC(=O)O1)OCO4. The Morgan fingerprint density at radius 2 is 1.89 bits per heavy atom. The highest BCUT2D eigenvalue weighted by molar-refractivity contribution is 5.94. The van der Waals surface area contributed by atoms with Crippen molar-refractivity contribution in [1.29, 1.82) is 0 Å². The van der Waals surface area contributed by atoms with E-state index in [0.29, 0.717) is 17.3 Å². The van der Waals surface area contributed by atoms with Crippen LogP contribution in [-0.2, 0) is 35.0 Å². The summed E-state index contributed by atoms with van der Waals surface area (Å²) in [5, 5.41) is 39.9. The first kappa shape index (κ1) is 31.4. The Hall–Kier alpha value is -3.20. The molecule has 0 aromatic heterocycles. The molecule has 6 aliphatic rings. The van der Waals surface area contributed by atoms with Crippen molar-refractivity contribution in [1.82, 2.24) is 4.90 Å². The van der Waals surface area contributed by atoms with Gasteiger partial charge in [0.2, 0.25) is 12.4 Å². The summed E-state index contributed by atoms with van der Waals surface area (Å²) in [4.78, 5) is 28.5. The molecular weight excluding hydrogens is 602 g/mol. The van der Waals surface area contributed by atoms with Crippen LogP contribution in [0.25, 0.3) is 0 Å². The van der Waals surface area contributed by atoms with Crippen LogP contribution < -0.4 is 9.47 Å². The van der Waals surface area contributed by atoms with Crippen LogP contribution >= 0.6 is 0 Å². The van der Waals surface area contributed by atoms with Gasteiger partial charge in [-0.05, 0) is 61.6 Å². The highest BCUT2D eigenvalue weighted by Crippen LogP contribution is 2.56. The number of hydrogen-bond acceptors (Lipinski definition) is 13. The van der Waals surface area contributed by atoms with Crippen molar-refractivity contribution in [3.8, 4) is 11.5 Å².